The Bertz CT molecular complexity index is 1030. The van der Waals surface area contributed by atoms with E-state index in [9.17, 15) is 22.0 Å². The average molecular weight is 391 g/mol. The van der Waals surface area contributed by atoms with Crippen molar-refractivity contribution in [1.82, 2.24) is 5.32 Å². The standard InChI is InChI=1S/C19H15F2NO4S/c20-13-7-9-14(10-8-13)27(24,25)18(17-6-3-11-26-17)12-22-19(23)15-4-1-2-5-16(15)21/h1-11,18H,12H2,(H,22,23)/t18-/m1/s1. The highest BCUT2D eigenvalue weighted by atomic mass is 32.2. The molecule has 0 fully saturated rings. The number of halogens is 2. The second-order valence-electron chi connectivity index (χ2n) is 5.69. The minimum Gasteiger partial charge on any atom is -0.468 e. The van der Waals surface area contributed by atoms with E-state index >= 15 is 0 Å². The Morgan fingerprint density at radius 2 is 1.70 bits per heavy atom. The fraction of sp³-hybridized carbons (Fsp3) is 0.105. The minimum atomic E-state index is -4.00. The molecule has 0 radical (unpaired) electrons. The van der Waals surface area contributed by atoms with E-state index in [0.29, 0.717) is 0 Å². The summed E-state index contributed by atoms with van der Waals surface area (Å²) in [4.78, 5) is 12.1. The third kappa shape index (κ3) is 4.06. The fourth-order valence-electron chi connectivity index (χ4n) is 2.55. The van der Waals surface area contributed by atoms with Crippen molar-refractivity contribution >= 4 is 15.7 Å². The Morgan fingerprint density at radius 1 is 1.00 bits per heavy atom. The van der Waals surface area contributed by atoms with E-state index in [1.165, 1.54) is 36.6 Å². The summed E-state index contributed by atoms with van der Waals surface area (Å²) in [7, 11) is -4.00. The molecule has 3 aromatic rings. The van der Waals surface area contributed by atoms with Crippen LogP contribution in [0.15, 0.2) is 76.2 Å². The zero-order chi connectivity index (χ0) is 19.4. The van der Waals surface area contributed by atoms with Crippen LogP contribution in [0.2, 0.25) is 0 Å². The lowest BCUT2D eigenvalue weighted by molar-refractivity contribution is 0.0949. The molecule has 0 saturated carbocycles. The molecule has 1 aromatic heterocycles. The maximum absolute atomic E-state index is 13.7. The van der Waals surface area contributed by atoms with Crippen molar-refractivity contribution in [2.75, 3.05) is 6.54 Å². The van der Waals surface area contributed by atoms with Crippen LogP contribution in [0.3, 0.4) is 0 Å². The fourth-order valence-corrected chi connectivity index (χ4v) is 4.14. The van der Waals surface area contributed by atoms with E-state index in [1.807, 2.05) is 0 Å². The molecule has 2 aromatic carbocycles. The van der Waals surface area contributed by atoms with E-state index < -0.39 is 32.6 Å². The maximum atomic E-state index is 13.7. The number of nitrogens with one attached hydrogen (secondary N) is 1. The van der Waals surface area contributed by atoms with Crippen molar-refractivity contribution in [2.24, 2.45) is 0 Å². The smallest absolute Gasteiger partial charge is 0.254 e. The van der Waals surface area contributed by atoms with Crippen LogP contribution in [0, 0.1) is 11.6 Å². The molecular formula is C19H15F2NO4S. The molecule has 0 saturated heterocycles. The lowest BCUT2D eigenvalue weighted by Gasteiger charge is -2.17. The van der Waals surface area contributed by atoms with Crippen LogP contribution in [-0.2, 0) is 9.84 Å². The normalized spacial score (nSPS) is 12.5. The van der Waals surface area contributed by atoms with Crippen LogP contribution in [0.4, 0.5) is 8.78 Å². The van der Waals surface area contributed by atoms with Crippen LogP contribution >= 0.6 is 0 Å². The predicted molar refractivity (Wildman–Crippen MR) is 93.8 cm³/mol. The van der Waals surface area contributed by atoms with Crippen molar-refractivity contribution < 1.29 is 26.4 Å². The number of amides is 1. The first kappa shape index (κ1) is 18.8. The first-order valence-corrected chi connectivity index (χ1v) is 9.50. The molecule has 1 heterocycles. The first-order chi connectivity index (χ1) is 12.9. The number of rotatable bonds is 6. The number of carbonyl (C=O) groups excluding carboxylic acids is 1. The quantitative estimate of drug-likeness (QED) is 0.653. The van der Waals surface area contributed by atoms with E-state index in [-0.39, 0.29) is 22.8 Å². The molecule has 0 bridgehead atoms. The molecule has 5 nitrogen and oxygen atoms in total. The molecule has 27 heavy (non-hydrogen) atoms. The Morgan fingerprint density at radius 3 is 2.33 bits per heavy atom. The third-order valence-corrected chi connectivity index (χ3v) is 6.02. The third-order valence-electron chi connectivity index (χ3n) is 3.94. The maximum Gasteiger partial charge on any atom is 0.254 e. The summed E-state index contributed by atoms with van der Waals surface area (Å²) in [6, 6.07) is 12.7. The lowest BCUT2D eigenvalue weighted by Crippen LogP contribution is -2.32. The van der Waals surface area contributed by atoms with Gasteiger partial charge in [-0.05, 0) is 48.5 Å². The van der Waals surface area contributed by atoms with Gasteiger partial charge in [0, 0.05) is 6.54 Å². The number of sulfone groups is 1. The van der Waals surface area contributed by atoms with Crippen LogP contribution in [0.25, 0.3) is 0 Å². The van der Waals surface area contributed by atoms with E-state index in [4.69, 9.17) is 4.42 Å². The summed E-state index contributed by atoms with van der Waals surface area (Å²) < 4.78 is 58.0. The van der Waals surface area contributed by atoms with Crippen LogP contribution in [-0.4, -0.2) is 20.9 Å². The number of hydrogen-bond donors (Lipinski definition) is 1. The topological polar surface area (TPSA) is 76.4 Å². The Labute approximate surface area is 154 Å². The second-order valence-corrected chi connectivity index (χ2v) is 7.82. The first-order valence-electron chi connectivity index (χ1n) is 7.95. The zero-order valence-corrected chi connectivity index (χ0v) is 14.7. The molecule has 1 amide bonds. The van der Waals surface area contributed by atoms with E-state index in [2.05, 4.69) is 5.32 Å². The van der Waals surface area contributed by atoms with Gasteiger partial charge in [-0.2, -0.15) is 0 Å². The molecule has 0 aliphatic rings. The molecule has 1 N–H and O–H groups in total. The summed E-state index contributed by atoms with van der Waals surface area (Å²) in [5.41, 5.74) is -0.199. The van der Waals surface area contributed by atoms with Crippen molar-refractivity contribution in [3.05, 3.63) is 89.9 Å². The van der Waals surface area contributed by atoms with Crippen LogP contribution < -0.4 is 5.32 Å². The van der Waals surface area contributed by atoms with Gasteiger partial charge >= 0.3 is 0 Å². The molecule has 8 heteroatoms. The number of benzene rings is 2. The molecule has 0 spiro atoms. The van der Waals surface area contributed by atoms with Gasteiger partial charge in [-0.3, -0.25) is 4.79 Å². The average Bonchev–Trinajstić information content (AvgIpc) is 3.16. The van der Waals surface area contributed by atoms with Gasteiger partial charge in [0.1, 0.15) is 22.6 Å². The van der Waals surface area contributed by atoms with Gasteiger partial charge < -0.3 is 9.73 Å². The Hall–Kier alpha value is -3.00. The lowest BCUT2D eigenvalue weighted by atomic mass is 10.2. The van der Waals surface area contributed by atoms with Gasteiger partial charge in [0.05, 0.1) is 16.7 Å². The van der Waals surface area contributed by atoms with Gasteiger partial charge in [0.2, 0.25) is 0 Å². The van der Waals surface area contributed by atoms with Gasteiger partial charge in [-0.15, -0.1) is 0 Å². The van der Waals surface area contributed by atoms with Gasteiger partial charge in [0.15, 0.2) is 9.84 Å². The molecular weight excluding hydrogens is 376 g/mol. The summed E-state index contributed by atoms with van der Waals surface area (Å²) >= 11 is 0. The summed E-state index contributed by atoms with van der Waals surface area (Å²) in [5.74, 6) is -1.94. The van der Waals surface area contributed by atoms with Crippen LogP contribution in [0.5, 0.6) is 0 Å². The van der Waals surface area contributed by atoms with Crippen molar-refractivity contribution in [1.29, 1.82) is 0 Å². The highest BCUT2D eigenvalue weighted by Gasteiger charge is 2.32. The molecule has 1 atom stereocenters. The Balaban J connectivity index is 1.88. The van der Waals surface area contributed by atoms with Crippen molar-refractivity contribution in [2.45, 2.75) is 10.1 Å². The van der Waals surface area contributed by atoms with Gasteiger partial charge in [-0.25, -0.2) is 17.2 Å². The van der Waals surface area contributed by atoms with Crippen molar-refractivity contribution in [3.63, 3.8) is 0 Å². The highest BCUT2D eigenvalue weighted by Crippen LogP contribution is 2.29. The van der Waals surface area contributed by atoms with Gasteiger partial charge in [0.25, 0.3) is 5.91 Å². The molecule has 0 unspecified atom stereocenters. The SMILES string of the molecule is O=C(NC[C@H](c1ccco1)S(=O)(=O)c1ccc(F)cc1)c1ccccc1F. The minimum absolute atomic E-state index is 0.105. The van der Waals surface area contributed by atoms with E-state index in [1.54, 1.807) is 0 Å². The number of carbonyl (C=O) groups is 1. The largest absolute Gasteiger partial charge is 0.468 e. The Kier molecular flexibility index (Phi) is 5.36. The second kappa shape index (κ2) is 7.71. The molecule has 140 valence electrons. The molecule has 3 rings (SSSR count). The summed E-state index contributed by atoms with van der Waals surface area (Å²) in [5, 5.41) is 1.17. The van der Waals surface area contributed by atoms with E-state index in [0.717, 1.165) is 30.3 Å². The molecule has 0 aliphatic carbocycles. The summed E-state index contributed by atoms with van der Waals surface area (Å²) in [6.07, 6.45) is 1.31. The zero-order valence-electron chi connectivity index (χ0n) is 13.9. The number of hydrogen-bond acceptors (Lipinski definition) is 4. The highest BCUT2D eigenvalue weighted by molar-refractivity contribution is 7.91. The predicted octanol–water partition coefficient (Wildman–Crippen LogP) is 3.50. The monoisotopic (exact) mass is 391 g/mol. The van der Waals surface area contributed by atoms with Gasteiger partial charge in [-0.1, -0.05) is 12.1 Å². The van der Waals surface area contributed by atoms with Crippen molar-refractivity contribution in [3.8, 4) is 0 Å². The molecule has 0 aliphatic heterocycles. The van der Waals surface area contributed by atoms with Crippen LogP contribution in [0.1, 0.15) is 21.4 Å². The number of furan rings is 1. The summed E-state index contributed by atoms with van der Waals surface area (Å²) in [6.45, 7) is -0.347.